The summed E-state index contributed by atoms with van der Waals surface area (Å²) in [6.45, 7) is -0.635. The number of hydrogen-bond acceptors (Lipinski definition) is 10. The second kappa shape index (κ2) is 6.04. The van der Waals surface area contributed by atoms with Gasteiger partial charge in [-0.3, -0.25) is 19.6 Å². The number of aliphatic imine (C=N–C) groups is 2. The highest BCUT2D eigenvalue weighted by Crippen LogP contribution is 2.37. The maximum atomic E-state index is 11.8. The summed E-state index contributed by atoms with van der Waals surface area (Å²) in [6, 6.07) is -0.879. The third kappa shape index (κ3) is 3.15. The van der Waals surface area contributed by atoms with Crippen LogP contribution in [-0.2, 0) is 18.6 Å². The Morgan fingerprint density at radius 3 is 2.79 bits per heavy atom. The minimum atomic E-state index is -4.75. The van der Waals surface area contributed by atoms with Crippen molar-refractivity contribution in [3.05, 3.63) is 0 Å². The number of carbonyl (C=O) groups excluding carboxylic acids is 1. The lowest BCUT2D eigenvalue weighted by atomic mass is 10.1. The molecule has 0 aromatic carbocycles. The van der Waals surface area contributed by atoms with E-state index in [1.807, 2.05) is 0 Å². The number of nitrogens with zero attached hydrogens (tertiary/aromatic N) is 3. The molecule has 3 aliphatic heterocycles. The standard InChI is InChI=1S/C10H16N5O8P/c11-10-13-7-4(8(18)14-10)12-2-15(7)9-6(17)5(16)3(23-9)1-22-24(19,20)21/h2-7,9,16-17H,1H2,(H2,19,20,21)(H3,11,13,14,18)/t3-,4?,5-,6-,7?,9-/m1/s1. The normalized spacial score (nSPS) is 38.9. The van der Waals surface area contributed by atoms with Crippen molar-refractivity contribution in [3.63, 3.8) is 0 Å². The van der Waals surface area contributed by atoms with Crippen molar-refractivity contribution in [1.82, 2.24) is 10.2 Å². The molecule has 3 rings (SSSR count). The van der Waals surface area contributed by atoms with Crippen molar-refractivity contribution in [2.45, 2.75) is 36.7 Å². The number of phosphoric acid groups is 1. The third-order valence-electron chi connectivity index (χ3n) is 3.78. The zero-order valence-electron chi connectivity index (χ0n) is 12.0. The van der Waals surface area contributed by atoms with Crippen LogP contribution in [-0.4, -0.2) is 86.5 Å². The molecule has 2 unspecified atom stereocenters. The quantitative estimate of drug-likeness (QED) is 0.267. The topological polar surface area (TPSA) is 200 Å². The molecule has 1 saturated heterocycles. The first-order valence-corrected chi connectivity index (χ1v) is 8.37. The number of rotatable bonds is 4. The molecule has 0 saturated carbocycles. The molecule has 14 heteroatoms. The summed E-state index contributed by atoms with van der Waals surface area (Å²) in [4.78, 5) is 38.5. The second-order valence-corrected chi connectivity index (χ2v) is 6.65. The first kappa shape index (κ1) is 17.2. The average molecular weight is 365 g/mol. The van der Waals surface area contributed by atoms with E-state index in [4.69, 9.17) is 20.3 Å². The summed E-state index contributed by atoms with van der Waals surface area (Å²) < 4.78 is 20.4. The minimum absolute atomic E-state index is 0.119. The molecule has 1 fully saturated rings. The van der Waals surface area contributed by atoms with Crippen molar-refractivity contribution < 1.29 is 38.6 Å². The van der Waals surface area contributed by atoms with E-state index in [0.29, 0.717) is 0 Å². The van der Waals surface area contributed by atoms with Gasteiger partial charge < -0.3 is 35.4 Å². The van der Waals surface area contributed by atoms with Crippen LogP contribution in [0.1, 0.15) is 0 Å². The van der Waals surface area contributed by atoms with Crippen molar-refractivity contribution in [2.24, 2.45) is 15.7 Å². The molecule has 0 radical (unpaired) electrons. The fraction of sp³-hybridized carbons (Fsp3) is 0.700. The molecule has 7 N–H and O–H groups in total. The Labute approximate surface area is 135 Å². The van der Waals surface area contributed by atoms with Gasteiger partial charge in [0.25, 0.3) is 5.91 Å². The Hall–Kier alpha value is -1.60. The number of phosphoric ester groups is 1. The Kier molecular flexibility index (Phi) is 4.34. The monoisotopic (exact) mass is 365 g/mol. The summed E-state index contributed by atoms with van der Waals surface area (Å²) in [5.74, 6) is -0.591. The number of nitrogens with one attached hydrogen (secondary N) is 1. The van der Waals surface area contributed by atoms with Gasteiger partial charge in [0, 0.05) is 0 Å². The van der Waals surface area contributed by atoms with Crippen molar-refractivity contribution >= 4 is 26.0 Å². The van der Waals surface area contributed by atoms with Crippen LogP contribution < -0.4 is 11.1 Å². The lowest BCUT2D eigenvalue weighted by Gasteiger charge is -2.32. The molecule has 0 aromatic heterocycles. The van der Waals surface area contributed by atoms with Gasteiger partial charge in [-0.05, 0) is 0 Å². The zero-order valence-corrected chi connectivity index (χ0v) is 12.9. The van der Waals surface area contributed by atoms with Crippen molar-refractivity contribution in [1.29, 1.82) is 0 Å². The number of fused-ring (bicyclic) bond motifs is 1. The molecular weight excluding hydrogens is 349 g/mol. The van der Waals surface area contributed by atoms with Gasteiger partial charge in [0.05, 0.1) is 12.9 Å². The Bertz CT molecular complexity index is 637. The van der Waals surface area contributed by atoms with Gasteiger partial charge >= 0.3 is 7.82 Å². The van der Waals surface area contributed by atoms with Gasteiger partial charge in [0.1, 0.15) is 18.3 Å². The van der Waals surface area contributed by atoms with Gasteiger partial charge in [-0.25, -0.2) is 9.56 Å². The molecular formula is C10H16N5O8P. The van der Waals surface area contributed by atoms with Crippen LogP contribution in [0.5, 0.6) is 0 Å². The molecule has 0 spiro atoms. The highest BCUT2D eigenvalue weighted by Gasteiger charge is 2.51. The number of carbonyl (C=O) groups is 1. The van der Waals surface area contributed by atoms with Gasteiger partial charge in [0.2, 0.25) is 0 Å². The van der Waals surface area contributed by atoms with Crippen molar-refractivity contribution in [2.75, 3.05) is 6.61 Å². The lowest BCUT2D eigenvalue weighted by Crippen LogP contribution is -2.56. The Morgan fingerprint density at radius 2 is 2.12 bits per heavy atom. The molecule has 134 valence electrons. The smallest absolute Gasteiger partial charge is 0.387 e. The van der Waals surface area contributed by atoms with Crippen molar-refractivity contribution in [3.8, 4) is 0 Å². The fourth-order valence-electron chi connectivity index (χ4n) is 2.67. The second-order valence-electron chi connectivity index (χ2n) is 5.41. The van der Waals surface area contributed by atoms with E-state index in [-0.39, 0.29) is 5.96 Å². The Balaban J connectivity index is 1.73. The summed E-state index contributed by atoms with van der Waals surface area (Å²) in [5, 5.41) is 22.4. The van der Waals surface area contributed by atoms with E-state index in [9.17, 15) is 19.6 Å². The van der Waals surface area contributed by atoms with Crippen LogP contribution >= 0.6 is 7.82 Å². The van der Waals surface area contributed by atoms with Crippen LogP contribution in [0, 0.1) is 0 Å². The molecule has 0 aromatic rings. The number of guanidine groups is 1. The first-order chi connectivity index (χ1) is 11.2. The van der Waals surface area contributed by atoms with Crippen LogP contribution in [0.2, 0.25) is 0 Å². The number of aliphatic hydroxyl groups is 2. The van der Waals surface area contributed by atoms with E-state index >= 15 is 0 Å². The molecule has 6 atom stereocenters. The SMILES string of the molecule is NC1=NC2C(N=CN2[C@@H]2O[C@H](COP(=O)(O)O)[C@@H](O)[C@H]2O)C(=O)N1. The van der Waals surface area contributed by atoms with E-state index in [0.717, 1.165) is 0 Å². The number of aliphatic hydroxyl groups excluding tert-OH is 2. The first-order valence-electron chi connectivity index (χ1n) is 6.84. The summed E-state index contributed by atoms with van der Waals surface area (Å²) in [6.07, 6.45) is -4.86. The van der Waals surface area contributed by atoms with E-state index in [1.165, 1.54) is 11.2 Å². The average Bonchev–Trinajstić information content (AvgIpc) is 3.00. The van der Waals surface area contributed by atoms with Crippen LogP contribution in [0.3, 0.4) is 0 Å². The molecule has 13 nitrogen and oxygen atoms in total. The number of nitrogens with two attached hydrogens (primary N) is 1. The van der Waals surface area contributed by atoms with Gasteiger partial charge in [-0.2, -0.15) is 0 Å². The zero-order chi connectivity index (χ0) is 17.6. The van der Waals surface area contributed by atoms with Gasteiger partial charge in [-0.15, -0.1) is 0 Å². The molecule has 3 aliphatic rings. The highest BCUT2D eigenvalue weighted by molar-refractivity contribution is 7.46. The van der Waals surface area contributed by atoms with E-state index < -0.39 is 57.1 Å². The number of ether oxygens (including phenoxy) is 1. The summed E-state index contributed by atoms with van der Waals surface area (Å²) in [7, 11) is -4.75. The minimum Gasteiger partial charge on any atom is -0.387 e. The number of amides is 1. The maximum Gasteiger partial charge on any atom is 0.469 e. The Morgan fingerprint density at radius 1 is 1.42 bits per heavy atom. The van der Waals surface area contributed by atoms with E-state index in [1.54, 1.807) is 0 Å². The molecule has 0 bridgehead atoms. The van der Waals surface area contributed by atoms with E-state index in [2.05, 4.69) is 19.8 Å². The predicted molar refractivity (Wildman–Crippen MR) is 76.3 cm³/mol. The van der Waals surface area contributed by atoms with Crippen LogP contribution in [0.15, 0.2) is 9.98 Å². The fourth-order valence-corrected chi connectivity index (χ4v) is 3.01. The molecule has 3 heterocycles. The predicted octanol–water partition coefficient (Wildman–Crippen LogP) is -3.97. The molecule has 1 amide bonds. The van der Waals surface area contributed by atoms with Gasteiger partial charge in [-0.1, -0.05) is 0 Å². The number of hydrogen-bond donors (Lipinski definition) is 6. The third-order valence-corrected chi connectivity index (χ3v) is 4.26. The largest absolute Gasteiger partial charge is 0.469 e. The maximum absolute atomic E-state index is 11.8. The summed E-state index contributed by atoms with van der Waals surface area (Å²) >= 11 is 0. The van der Waals surface area contributed by atoms with Crippen LogP contribution in [0.25, 0.3) is 0 Å². The summed E-state index contributed by atoms with van der Waals surface area (Å²) in [5.41, 5.74) is 5.50. The highest BCUT2D eigenvalue weighted by atomic mass is 31.2. The lowest BCUT2D eigenvalue weighted by molar-refractivity contribution is -0.124. The molecule has 24 heavy (non-hydrogen) atoms. The van der Waals surface area contributed by atoms with Crippen LogP contribution in [0.4, 0.5) is 0 Å². The van der Waals surface area contributed by atoms with Gasteiger partial charge in [0.15, 0.2) is 24.4 Å². The molecule has 0 aliphatic carbocycles.